The highest BCUT2D eigenvalue weighted by molar-refractivity contribution is 5.55. The molecular weight excluding hydrogens is 210 g/mol. The SMILES string of the molecule is CC(C)NCc1ccc(-c2nccn2C)cc1. The first-order chi connectivity index (χ1) is 8.16. The fraction of sp³-hybridized carbons (Fsp3) is 0.357. The van der Waals surface area contributed by atoms with E-state index in [0.717, 1.165) is 17.9 Å². The topological polar surface area (TPSA) is 29.9 Å². The molecule has 0 aliphatic carbocycles. The van der Waals surface area contributed by atoms with Gasteiger partial charge in [-0.2, -0.15) is 0 Å². The van der Waals surface area contributed by atoms with E-state index < -0.39 is 0 Å². The molecule has 0 saturated carbocycles. The summed E-state index contributed by atoms with van der Waals surface area (Å²) in [6.45, 7) is 5.23. The van der Waals surface area contributed by atoms with Gasteiger partial charge >= 0.3 is 0 Å². The minimum absolute atomic E-state index is 0.518. The Morgan fingerprint density at radius 2 is 1.94 bits per heavy atom. The number of imidazole rings is 1. The van der Waals surface area contributed by atoms with Crippen molar-refractivity contribution < 1.29 is 0 Å². The van der Waals surface area contributed by atoms with E-state index in [1.54, 1.807) is 0 Å². The van der Waals surface area contributed by atoms with Gasteiger partial charge in [0.1, 0.15) is 5.82 Å². The Balaban J connectivity index is 2.11. The maximum Gasteiger partial charge on any atom is 0.139 e. The molecule has 0 aliphatic heterocycles. The average molecular weight is 229 g/mol. The quantitative estimate of drug-likeness (QED) is 0.873. The maximum absolute atomic E-state index is 4.34. The summed E-state index contributed by atoms with van der Waals surface area (Å²) in [7, 11) is 2.01. The van der Waals surface area contributed by atoms with Gasteiger partial charge in [0.25, 0.3) is 0 Å². The van der Waals surface area contributed by atoms with Crippen molar-refractivity contribution >= 4 is 0 Å². The second-order valence-electron chi connectivity index (χ2n) is 4.59. The van der Waals surface area contributed by atoms with Crippen LogP contribution < -0.4 is 5.32 Å². The molecule has 0 unspecified atom stereocenters. The Morgan fingerprint density at radius 1 is 1.24 bits per heavy atom. The maximum atomic E-state index is 4.34. The van der Waals surface area contributed by atoms with Crippen LogP contribution in [0.25, 0.3) is 11.4 Å². The van der Waals surface area contributed by atoms with Gasteiger partial charge in [-0.15, -0.1) is 0 Å². The van der Waals surface area contributed by atoms with Crippen LogP contribution in [0, 0.1) is 0 Å². The van der Waals surface area contributed by atoms with Gasteiger partial charge in [0.05, 0.1) is 0 Å². The number of hydrogen-bond acceptors (Lipinski definition) is 2. The smallest absolute Gasteiger partial charge is 0.139 e. The molecule has 1 N–H and O–H groups in total. The van der Waals surface area contributed by atoms with E-state index in [1.807, 2.05) is 24.0 Å². The molecular formula is C14H19N3. The van der Waals surface area contributed by atoms with Gasteiger partial charge in [-0.05, 0) is 5.56 Å². The summed E-state index contributed by atoms with van der Waals surface area (Å²) in [6.07, 6.45) is 3.78. The monoisotopic (exact) mass is 229 g/mol. The van der Waals surface area contributed by atoms with Gasteiger partial charge in [0.2, 0.25) is 0 Å². The van der Waals surface area contributed by atoms with Crippen molar-refractivity contribution in [1.29, 1.82) is 0 Å². The minimum Gasteiger partial charge on any atom is -0.334 e. The first-order valence-electron chi connectivity index (χ1n) is 5.97. The van der Waals surface area contributed by atoms with Crippen LogP contribution in [-0.2, 0) is 13.6 Å². The van der Waals surface area contributed by atoms with Gasteiger partial charge in [0, 0.05) is 37.6 Å². The molecule has 0 spiro atoms. The number of nitrogens with zero attached hydrogens (tertiary/aromatic N) is 2. The standard InChI is InChI=1S/C14H19N3/c1-11(2)16-10-12-4-6-13(7-5-12)14-15-8-9-17(14)3/h4-9,11,16H,10H2,1-3H3. The second kappa shape index (κ2) is 5.15. The predicted octanol–water partition coefficient (Wildman–Crippen LogP) is 2.59. The van der Waals surface area contributed by atoms with Crippen LogP contribution >= 0.6 is 0 Å². The molecule has 0 bridgehead atoms. The normalized spacial score (nSPS) is 11.1. The van der Waals surface area contributed by atoms with E-state index >= 15 is 0 Å². The molecule has 3 heteroatoms. The molecule has 0 amide bonds. The number of nitrogens with one attached hydrogen (secondary N) is 1. The van der Waals surface area contributed by atoms with Gasteiger partial charge < -0.3 is 9.88 Å². The molecule has 2 aromatic rings. The van der Waals surface area contributed by atoms with Crippen LogP contribution in [0.1, 0.15) is 19.4 Å². The van der Waals surface area contributed by atoms with Crippen LogP contribution in [0.5, 0.6) is 0 Å². The zero-order chi connectivity index (χ0) is 12.3. The Labute approximate surface area is 103 Å². The lowest BCUT2D eigenvalue weighted by Crippen LogP contribution is -2.21. The third-order valence-corrected chi connectivity index (χ3v) is 2.75. The molecule has 1 aromatic carbocycles. The highest BCUT2D eigenvalue weighted by atomic mass is 15.0. The summed E-state index contributed by atoms with van der Waals surface area (Å²) in [4.78, 5) is 4.34. The number of rotatable bonds is 4. The largest absolute Gasteiger partial charge is 0.334 e. The molecule has 0 fully saturated rings. The zero-order valence-electron chi connectivity index (χ0n) is 10.6. The Morgan fingerprint density at radius 3 is 2.47 bits per heavy atom. The Bertz CT molecular complexity index is 468. The van der Waals surface area contributed by atoms with E-state index in [-0.39, 0.29) is 0 Å². The van der Waals surface area contributed by atoms with E-state index in [0.29, 0.717) is 6.04 Å². The molecule has 3 nitrogen and oxygen atoms in total. The fourth-order valence-corrected chi connectivity index (χ4v) is 1.74. The van der Waals surface area contributed by atoms with Gasteiger partial charge in [-0.25, -0.2) is 4.98 Å². The summed E-state index contributed by atoms with van der Waals surface area (Å²) in [6, 6.07) is 9.07. The molecule has 0 radical (unpaired) electrons. The first-order valence-corrected chi connectivity index (χ1v) is 5.97. The van der Waals surface area contributed by atoms with Gasteiger partial charge in [-0.1, -0.05) is 38.1 Å². The molecule has 0 saturated heterocycles. The van der Waals surface area contributed by atoms with Crippen LogP contribution in [0.15, 0.2) is 36.7 Å². The number of hydrogen-bond donors (Lipinski definition) is 1. The Hall–Kier alpha value is -1.61. The van der Waals surface area contributed by atoms with Crippen molar-refractivity contribution in [3.8, 4) is 11.4 Å². The highest BCUT2D eigenvalue weighted by Gasteiger charge is 2.02. The summed E-state index contributed by atoms with van der Waals surface area (Å²) < 4.78 is 2.03. The second-order valence-corrected chi connectivity index (χ2v) is 4.59. The molecule has 17 heavy (non-hydrogen) atoms. The molecule has 0 aliphatic rings. The molecule has 2 rings (SSSR count). The van der Waals surface area contributed by atoms with E-state index in [1.165, 1.54) is 5.56 Å². The zero-order valence-corrected chi connectivity index (χ0v) is 10.6. The lowest BCUT2D eigenvalue weighted by Gasteiger charge is -2.08. The summed E-state index contributed by atoms with van der Waals surface area (Å²) in [5.74, 6) is 1.01. The van der Waals surface area contributed by atoms with Crippen molar-refractivity contribution in [1.82, 2.24) is 14.9 Å². The summed E-state index contributed by atoms with van der Waals surface area (Å²) >= 11 is 0. The lowest BCUT2D eigenvalue weighted by atomic mass is 10.1. The Kier molecular flexibility index (Phi) is 3.59. The molecule has 1 aromatic heterocycles. The summed E-state index contributed by atoms with van der Waals surface area (Å²) in [5.41, 5.74) is 2.46. The molecule has 0 atom stereocenters. The number of aryl methyl sites for hydroxylation is 1. The van der Waals surface area contributed by atoms with E-state index in [4.69, 9.17) is 0 Å². The highest BCUT2D eigenvalue weighted by Crippen LogP contribution is 2.17. The number of aromatic nitrogens is 2. The fourth-order valence-electron chi connectivity index (χ4n) is 1.74. The van der Waals surface area contributed by atoms with Crippen molar-refractivity contribution in [2.24, 2.45) is 7.05 Å². The molecule has 1 heterocycles. The van der Waals surface area contributed by atoms with Crippen LogP contribution in [0.3, 0.4) is 0 Å². The van der Waals surface area contributed by atoms with Crippen molar-refractivity contribution in [3.63, 3.8) is 0 Å². The predicted molar refractivity (Wildman–Crippen MR) is 70.6 cm³/mol. The average Bonchev–Trinajstić information content (AvgIpc) is 2.73. The third kappa shape index (κ3) is 2.94. The van der Waals surface area contributed by atoms with Crippen LogP contribution in [-0.4, -0.2) is 15.6 Å². The number of benzene rings is 1. The van der Waals surface area contributed by atoms with E-state index in [9.17, 15) is 0 Å². The minimum atomic E-state index is 0.518. The van der Waals surface area contributed by atoms with Crippen LogP contribution in [0.4, 0.5) is 0 Å². The lowest BCUT2D eigenvalue weighted by molar-refractivity contribution is 0.589. The third-order valence-electron chi connectivity index (χ3n) is 2.75. The van der Waals surface area contributed by atoms with Gasteiger partial charge in [0.15, 0.2) is 0 Å². The van der Waals surface area contributed by atoms with Crippen molar-refractivity contribution in [3.05, 3.63) is 42.2 Å². The first kappa shape index (κ1) is 11.9. The van der Waals surface area contributed by atoms with Crippen LogP contribution in [0.2, 0.25) is 0 Å². The molecule has 90 valence electrons. The van der Waals surface area contributed by atoms with Gasteiger partial charge in [-0.3, -0.25) is 0 Å². The summed E-state index contributed by atoms with van der Waals surface area (Å²) in [5, 5.41) is 3.41. The van der Waals surface area contributed by atoms with Crippen molar-refractivity contribution in [2.45, 2.75) is 26.4 Å². The van der Waals surface area contributed by atoms with Crippen molar-refractivity contribution in [2.75, 3.05) is 0 Å². The van der Waals surface area contributed by atoms with E-state index in [2.05, 4.69) is 48.4 Å².